The second-order valence-corrected chi connectivity index (χ2v) is 7.53. The van der Waals surface area contributed by atoms with E-state index >= 15 is 0 Å². The van der Waals surface area contributed by atoms with Crippen LogP contribution in [0.2, 0.25) is 0 Å². The van der Waals surface area contributed by atoms with Crippen molar-refractivity contribution in [2.75, 3.05) is 26.3 Å². The molecule has 1 atom stereocenters. The lowest BCUT2D eigenvalue weighted by atomic mass is 9.98. The molecule has 1 saturated heterocycles. The zero-order chi connectivity index (χ0) is 18.1. The number of ether oxygens (including phenoxy) is 2. The molecule has 0 spiro atoms. The summed E-state index contributed by atoms with van der Waals surface area (Å²) < 4.78 is 11.2. The molecular weight excluding hydrogens is 354 g/mol. The van der Waals surface area contributed by atoms with Gasteiger partial charge in [-0.1, -0.05) is 0 Å². The first-order chi connectivity index (χ1) is 12.6. The smallest absolute Gasteiger partial charge is 0.308 e. The Morgan fingerprint density at radius 3 is 2.73 bits per heavy atom. The predicted molar refractivity (Wildman–Crippen MR) is 97.0 cm³/mol. The number of hydrogen-bond donors (Lipinski definition) is 1. The zero-order valence-corrected chi connectivity index (χ0v) is 15.0. The van der Waals surface area contributed by atoms with E-state index in [4.69, 9.17) is 9.47 Å². The van der Waals surface area contributed by atoms with Gasteiger partial charge in [-0.25, -0.2) is 0 Å². The van der Waals surface area contributed by atoms with Crippen molar-refractivity contribution in [3.05, 3.63) is 35.2 Å². The van der Waals surface area contributed by atoms with Gasteiger partial charge in [-0.15, -0.1) is 11.3 Å². The van der Waals surface area contributed by atoms with Gasteiger partial charge in [0.25, 0.3) is 5.91 Å². The number of benzene rings is 1. The number of fused-ring (bicyclic) bond motifs is 1. The van der Waals surface area contributed by atoms with E-state index < -0.39 is 11.9 Å². The predicted octanol–water partition coefficient (Wildman–Crippen LogP) is 3.12. The number of nitrogens with zero attached hydrogens (tertiary/aromatic N) is 1. The quantitative estimate of drug-likeness (QED) is 0.895. The molecule has 0 aliphatic carbocycles. The van der Waals surface area contributed by atoms with Gasteiger partial charge in [-0.3, -0.25) is 9.59 Å². The van der Waals surface area contributed by atoms with E-state index in [0.29, 0.717) is 31.1 Å². The van der Waals surface area contributed by atoms with Crippen molar-refractivity contribution in [3.8, 4) is 21.9 Å². The third-order valence-corrected chi connectivity index (χ3v) is 5.82. The Labute approximate surface area is 155 Å². The number of thiophene rings is 1. The van der Waals surface area contributed by atoms with Gasteiger partial charge in [-0.05, 0) is 48.7 Å². The average molecular weight is 373 g/mol. The number of carbonyl (C=O) groups excluding carboxylic acids is 1. The topological polar surface area (TPSA) is 76.1 Å². The summed E-state index contributed by atoms with van der Waals surface area (Å²) in [7, 11) is 0. The number of aliphatic carboxylic acids is 1. The van der Waals surface area contributed by atoms with E-state index in [1.54, 1.807) is 4.90 Å². The van der Waals surface area contributed by atoms with Gasteiger partial charge < -0.3 is 19.5 Å². The summed E-state index contributed by atoms with van der Waals surface area (Å²) in [6.45, 7) is 1.98. The molecule has 0 radical (unpaired) electrons. The highest BCUT2D eigenvalue weighted by atomic mass is 32.1. The number of hydrogen-bond acceptors (Lipinski definition) is 5. The molecule has 1 amide bonds. The molecule has 26 heavy (non-hydrogen) atoms. The number of carbonyl (C=O) groups is 2. The van der Waals surface area contributed by atoms with E-state index in [9.17, 15) is 14.7 Å². The summed E-state index contributed by atoms with van der Waals surface area (Å²) in [5.41, 5.74) is 0.973. The maximum absolute atomic E-state index is 12.7. The SMILES string of the molecule is O=C(O)[C@H]1CCCN(C(=O)c2ccc(-c3ccc4c(c3)OCCO4)s2)C1. The van der Waals surface area contributed by atoms with Crippen LogP contribution < -0.4 is 9.47 Å². The molecule has 1 N–H and O–H groups in total. The van der Waals surface area contributed by atoms with Gasteiger partial charge in [0.1, 0.15) is 13.2 Å². The first-order valence-electron chi connectivity index (χ1n) is 8.64. The van der Waals surface area contributed by atoms with E-state index in [2.05, 4.69) is 0 Å². The van der Waals surface area contributed by atoms with E-state index in [1.807, 2.05) is 30.3 Å². The fourth-order valence-corrected chi connectivity index (χ4v) is 4.29. The first-order valence-corrected chi connectivity index (χ1v) is 9.45. The Morgan fingerprint density at radius 1 is 1.12 bits per heavy atom. The Kier molecular flexibility index (Phi) is 4.55. The van der Waals surface area contributed by atoms with Crippen molar-refractivity contribution >= 4 is 23.2 Å². The molecule has 7 heteroatoms. The van der Waals surface area contributed by atoms with Gasteiger partial charge in [0.2, 0.25) is 0 Å². The molecule has 2 aliphatic rings. The molecule has 2 aromatic rings. The van der Waals surface area contributed by atoms with Gasteiger partial charge in [0, 0.05) is 18.0 Å². The van der Waals surface area contributed by atoms with Gasteiger partial charge >= 0.3 is 5.97 Å². The highest BCUT2D eigenvalue weighted by molar-refractivity contribution is 7.17. The minimum atomic E-state index is -0.828. The normalized spacial score (nSPS) is 19.2. The van der Waals surface area contributed by atoms with Crippen LogP contribution in [0.25, 0.3) is 10.4 Å². The van der Waals surface area contributed by atoms with Crippen molar-refractivity contribution in [2.45, 2.75) is 12.8 Å². The van der Waals surface area contributed by atoms with Gasteiger partial charge in [-0.2, -0.15) is 0 Å². The lowest BCUT2D eigenvalue weighted by Gasteiger charge is -2.30. The van der Waals surface area contributed by atoms with E-state index in [1.165, 1.54) is 11.3 Å². The Bertz CT molecular complexity index is 846. The van der Waals surface area contributed by atoms with Gasteiger partial charge in [0.15, 0.2) is 11.5 Å². The number of carboxylic acids is 1. The Hall–Kier alpha value is -2.54. The third kappa shape index (κ3) is 3.26. The third-order valence-electron chi connectivity index (χ3n) is 4.70. The van der Waals surface area contributed by atoms with Crippen molar-refractivity contribution in [1.29, 1.82) is 0 Å². The summed E-state index contributed by atoms with van der Waals surface area (Å²) in [6, 6.07) is 9.49. The van der Waals surface area contributed by atoms with Crippen LogP contribution in [0, 0.1) is 5.92 Å². The van der Waals surface area contributed by atoms with Crippen LogP contribution in [0.5, 0.6) is 11.5 Å². The van der Waals surface area contributed by atoms with Crippen molar-refractivity contribution < 1.29 is 24.2 Å². The standard InChI is InChI=1S/C19H19NO5S/c21-18(20-7-1-2-13(11-20)19(22)23)17-6-5-16(26-17)12-3-4-14-15(10-12)25-9-8-24-14/h3-6,10,13H,1-2,7-9,11H2,(H,22,23)/t13-/m0/s1. The van der Waals surface area contributed by atoms with E-state index in [-0.39, 0.29) is 12.5 Å². The van der Waals surface area contributed by atoms with Crippen LogP contribution in [0.4, 0.5) is 0 Å². The largest absolute Gasteiger partial charge is 0.486 e. The molecule has 1 aromatic carbocycles. The number of rotatable bonds is 3. The summed E-state index contributed by atoms with van der Waals surface area (Å²) in [6.07, 6.45) is 1.36. The van der Waals surface area contributed by atoms with Crippen LogP contribution in [-0.4, -0.2) is 48.2 Å². The molecule has 1 aromatic heterocycles. The lowest BCUT2D eigenvalue weighted by molar-refractivity contribution is -0.143. The maximum Gasteiger partial charge on any atom is 0.308 e. The minimum absolute atomic E-state index is 0.0928. The Balaban J connectivity index is 1.52. The fourth-order valence-electron chi connectivity index (χ4n) is 3.32. The van der Waals surface area contributed by atoms with Crippen LogP contribution in [0.1, 0.15) is 22.5 Å². The van der Waals surface area contributed by atoms with Crippen LogP contribution in [0.3, 0.4) is 0 Å². The highest BCUT2D eigenvalue weighted by Crippen LogP contribution is 2.37. The maximum atomic E-state index is 12.7. The van der Waals surface area contributed by atoms with Crippen LogP contribution in [0.15, 0.2) is 30.3 Å². The fraction of sp³-hybridized carbons (Fsp3) is 0.368. The first kappa shape index (κ1) is 16.9. The molecule has 4 rings (SSSR count). The Morgan fingerprint density at radius 2 is 1.92 bits per heavy atom. The number of carboxylic acid groups (broad SMARTS) is 1. The summed E-state index contributed by atoms with van der Waals surface area (Å²) in [4.78, 5) is 27.2. The second-order valence-electron chi connectivity index (χ2n) is 6.45. The molecule has 0 unspecified atom stereocenters. The van der Waals surface area contributed by atoms with Crippen molar-refractivity contribution in [1.82, 2.24) is 4.90 Å². The molecule has 2 aliphatic heterocycles. The second kappa shape index (κ2) is 6.99. The van der Waals surface area contributed by atoms with Crippen molar-refractivity contribution in [2.24, 2.45) is 5.92 Å². The molecule has 6 nitrogen and oxygen atoms in total. The number of amides is 1. The molecule has 136 valence electrons. The molecule has 0 saturated carbocycles. The molecule has 1 fully saturated rings. The molecule has 3 heterocycles. The van der Waals surface area contributed by atoms with Crippen LogP contribution >= 0.6 is 11.3 Å². The van der Waals surface area contributed by atoms with E-state index in [0.717, 1.165) is 28.4 Å². The number of piperidine rings is 1. The minimum Gasteiger partial charge on any atom is -0.486 e. The molecular formula is C19H19NO5S. The average Bonchev–Trinajstić information content (AvgIpc) is 3.17. The lowest BCUT2D eigenvalue weighted by Crippen LogP contribution is -2.42. The summed E-state index contributed by atoms with van der Waals surface area (Å²) in [5, 5.41) is 9.20. The zero-order valence-electron chi connectivity index (χ0n) is 14.1. The summed E-state index contributed by atoms with van der Waals surface area (Å²) in [5.74, 6) is 0.0663. The monoisotopic (exact) mass is 373 g/mol. The summed E-state index contributed by atoms with van der Waals surface area (Å²) >= 11 is 1.41. The highest BCUT2D eigenvalue weighted by Gasteiger charge is 2.29. The van der Waals surface area contributed by atoms with Crippen LogP contribution in [-0.2, 0) is 4.79 Å². The number of likely N-dealkylation sites (tertiary alicyclic amines) is 1. The van der Waals surface area contributed by atoms with Gasteiger partial charge in [0.05, 0.1) is 10.8 Å². The molecule has 0 bridgehead atoms. The van der Waals surface area contributed by atoms with Crippen molar-refractivity contribution in [3.63, 3.8) is 0 Å².